The fourth-order valence-corrected chi connectivity index (χ4v) is 4.33. The largest absolute Gasteiger partial charge is 0.338 e. The van der Waals surface area contributed by atoms with E-state index in [-0.39, 0.29) is 10.9 Å². The van der Waals surface area contributed by atoms with Crippen LogP contribution in [0, 0.1) is 0 Å². The lowest BCUT2D eigenvalue weighted by molar-refractivity contribution is -0.178. The third-order valence-electron chi connectivity index (χ3n) is 3.20. The lowest BCUT2D eigenvalue weighted by Gasteiger charge is -2.08. The molecular formula is C19H17O2S+. The van der Waals surface area contributed by atoms with Crippen LogP contribution in [0.4, 0.5) is 0 Å². The molecule has 0 fully saturated rings. The van der Waals surface area contributed by atoms with Crippen LogP contribution in [-0.2, 0) is 15.8 Å². The van der Waals surface area contributed by atoms with Crippen LogP contribution in [0.3, 0.4) is 0 Å². The van der Waals surface area contributed by atoms with Crippen LogP contribution in [0.1, 0.15) is 0 Å². The molecular weight excluding hydrogens is 292 g/mol. The highest BCUT2D eigenvalue weighted by atomic mass is 32.2. The van der Waals surface area contributed by atoms with Crippen molar-refractivity contribution in [2.45, 2.75) is 14.7 Å². The van der Waals surface area contributed by atoms with Gasteiger partial charge < -0.3 is 4.89 Å². The summed E-state index contributed by atoms with van der Waals surface area (Å²) in [7, 11) is 1.38. The van der Waals surface area contributed by atoms with Crippen LogP contribution < -0.4 is 4.89 Å². The number of hydrogen-bond donors (Lipinski definition) is 0. The van der Waals surface area contributed by atoms with E-state index in [0.29, 0.717) is 5.75 Å². The summed E-state index contributed by atoms with van der Waals surface area (Å²) in [5.41, 5.74) is 0. The first-order valence-electron chi connectivity index (χ1n) is 7.03. The molecule has 22 heavy (non-hydrogen) atoms. The highest BCUT2D eigenvalue weighted by Gasteiger charge is 2.28. The zero-order valence-electron chi connectivity index (χ0n) is 12.3. The summed E-state index contributed by atoms with van der Waals surface area (Å²) in [5, 5.41) is 0. The van der Waals surface area contributed by atoms with Crippen molar-refractivity contribution in [2.75, 3.05) is 7.11 Å². The highest BCUT2D eigenvalue weighted by Crippen LogP contribution is 2.31. The van der Waals surface area contributed by atoms with Crippen molar-refractivity contribution >= 4 is 10.9 Å². The Morgan fingerprint density at radius 3 is 1.50 bits per heavy atom. The molecule has 3 aromatic carbocycles. The van der Waals surface area contributed by atoms with E-state index < -0.39 is 0 Å². The van der Waals surface area contributed by atoms with Gasteiger partial charge in [0.2, 0.25) is 0 Å². The molecule has 0 saturated carbocycles. The molecule has 2 nitrogen and oxygen atoms in total. The van der Waals surface area contributed by atoms with E-state index >= 15 is 0 Å². The molecule has 3 aromatic rings. The van der Waals surface area contributed by atoms with Crippen molar-refractivity contribution in [3.8, 4) is 5.75 Å². The summed E-state index contributed by atoms with van der Waals surface area (Å²) in [6, 6.07) is 29.2. The molecule has 3 heteroatoms. The second-order valence-electron chi connectivity index (χ2n) is 4.65. The van der Waals surface area contributed by atoms with Gasteiger partial charge in [-0.2, -0.15) is 4.89 Å². The molecule has 110 valence electrons. The van der Waals surface area contributed by atoms with Gasteiger partial charge in [0.05, 0.1) is 18.0 Å². The molecule has 0 N–H and O–H groups in total. The van der Waals surface area contributed by atoms with Gasteiger partial charge >= 0.3 is 0 Å². The molecule has 0 aliphatic heterocycles. The normalized spacial score (nSPS) is 10.6. The summed E-state index contributed by atoms with van der Waals surface area (Å²) >= 11 is 0. The zero-order chi connectivity index (χ0) is 15.2. The molecule has 0 saturated heterocycles. The van der Waals surface area contributed by atoms with Crippen molar-refractivity contribution in [2.24, 2.45) is 0 Å². The predicted octanol–water partition coefficient (Wildman–Crippen LogP) is 4.72. The topological polar surface area (TPSA) is 18.5 Å². The van der Waals surface area contributed by atoms with E-state index in [4.69, 9.17) is 9.78 Å². The van der Waals surface area contributed by atoms with Gasteiger partial charge in [0, 0.05) is 0 Å². The molecule has 0 unspecified atom stereocenters. The third kappa shape index (κ3) is 3.32. The van der Waals surface area contributed by atoms with Gasteiger partial charge in [0.25, 0.3) is 0 Å². The van der Waals surface area contributed by atoms with E-state index in [1.165, 1.54) is 21.8 Å². The summed E-state index contributed by atoms with van der Waals surface area (Å²) in [4.78, 5) is 13.6. The minimum absolute atomic E-state index is 0.123. The van der Waals surface area contributed by atoms with Crippen LogP contribution in [-0.4, -0.2) is 7.11 Å². The maximum Gasteiger partial charge on any atom is 0.166 e. The molecule has 0 aromatic heterocycles. The van der Waals surface area contributed by atoms with Crippen molar-refractivity contribution in [3.63, 3.8) is 0 Å². The van der Waals surface area contributed by atoms with Crippen LogP contribution in [0.15, 0.2) is 99.6 Å². The SMILES string of the molecule is COOc1ccc([S+](c2ccccc2)c2ccccc2)cc1. The maximum atomic E-state index is 5.06. The third-order valence-corrected chi connectivity index (χ3v) is 5.43. The molecule has 0 spiro atoms. The second kappa shape index (κ2) is 7.16. The molecule has 0 aliphatic carbocycles. The van der Waals surface area contributed by atoms with Gasteiger partial charge in [-0.05, 0) is 48.5 Å². The van der Waals surface area contributed by atoms with Gasteiger partial charge in [-0.3, -0.25) is 0 Å². The summed E-state index contributed by atoms with van der Waals surface area (Å²) in [5.74, 6) is 0.705. The maximum absolute atomic E-state index is 5.06. The van der Waals surface area contributed by atoms with Crippen LogP contribution >= 0.6 is 0 Å². The Morgan fingerprint density at radius 2 is 1.05 bits per heavy atom. The van der Waals surface area contributed by atoms with Crippen molar-refractivity contribution in [3.05, 3.63) is 84.9 Å². The smallest absolute Gasteiger partial charge is 0.166 e. The van der Waals surface area contributed by atoms with Gasteiger partial charge in [0.1, 0.15) is 0 Å². The predicted molar refractivity (Wildman–Crippen MR) is 89.1 cm³/mol. The Morgan fingerprint density at radius 1 is 0.591 bits per heavy atom. The minimum atomic E-state index is -0.123. The fraction of sp³-hybridized carbons (Fsp3) is 0.0526. The Hall–Kier alpha value is -2.23. The number of rotatable bonds is 5. The molecule has 0 atom stereocenters. The monoisotopic (exact) mass is 309 g/mol. The van der Waals surface area contributed by atoms with Crippen LogP contribution in [0.2, 0.25) is 0 Å². The first-order valence-corrected chi connectivity index (χ1v) is 8.26. The Bertz CT molecular complexity index is 657. The molecule has 0 aliphatic rings. The van der Waals surface area contributed by atoms with E-state index in [2.05, 4.69) is 60.7 Å². The van der Waals surface area contributed by atoms with Gasteiger partial charge in [-0.1, -0.05) is 36.4 Å². The van der Waals surface area contributed by atoms with Crippen molar-refractivity contribution < 1.29 is 9.78 Å². The first-order chi connectivity index (χ1) is 10.9. The number of benzene rings is 3. The van der Waals surface area contributed by atoms with Gasteiger partial charge in [0.15, 0.2) is 20.4 Å². The fourth-order valence-electron chi connectivity index (χ4n) is 2.25. The van der Waals surface area contributed by atoms with Gasteiger partial charge in [-0.15, -0.1) is 0 Å². The summed E-state index contributed by atoms with van der Waals surface area (Å²) in [6.45, 7) is 0. The van der Waals surface area contributed by atoms with E-state index in [9.17, 15) is 0 Å². The second-order valence-corrected chi connectivity index (χ2v) is 6.68. The molecule has 0 radical (unpaired) electrons. The minimum Gasteiger partial charge on any atom is -0.338 e. The summed E-state index contributed by atoms with van der Waals surface area (Å²) < 4.78 is 0. The molecule has 0 bridgehead atoms. The first kappa shape index (κ1) is 14.7. The van der Waals surface area contributed by atoms with Crippen molar-refractivity contribution in [1.29, 1.82) is 0 Å². The Labute approximate surface area is 133 Å². The molecule has 3 rings (SSSR count). The van der Waals surface area contributed by atoms with E-state index in [0.717, 1.165) is 0 Å². The number of hydrogen-bond acceptors (Lipinski definition) is 2. The quantitative estimate of drug-likeness (QED) is 0.385. The highest BCUT2D eigenvalue weighted by molar-refractivity contribution is 7.97. The van der Waals surface area contributed by atoms with E-state index in [1.54, 1.807) is 0 Å². The van der Waals surface area contributed by atoms with Crippen LogP contribution in [0.25, 0.3) is 0 Å². The lowest BCUT2D eigenvalue weighted by atomic mass is 10.3. The summed E-state index contributed by atoms with van der Waals surface area (Å²) in [6.07, 6.45) is 0. The Kier molecular flexibility index (Phi) is 4.78. The standard InChI is InChI=1S/C19H17O2S/c1-20-21-16-12-14-19(15-13-16)22(17-8-4-2-5-9-17)18-10-6-3-7-11-18/h2-15H,1H3/q+1. The van der Waals surface area contributed by atoms with E-state index in [1.807, 2.05) is 24.3 Å². The molecule has 0 heterocycles. The molecule has 0 amide bonds. The lowest BCUT2D eigenvalue weighted by Crippen LogP contribution is -2.04. The zero-order valence-corrected chi connectivity index (χ0v) is 13.1. The average molecular weight is 309 g/mol. The Balaban J connectivity index is 2.02. The average Bonchev–Trinajstić information content (AvgIpc) is 2.59. The van der Waals surface area contributed by atoms with Crippen molar-refractivity contribution in [1.82, 2.24) is 0 Å². The van der Waals surface area contributed by atoms with Crippen LogP contribution in [0.5, 0.6) is 5.75 Å². The van der Waals surface area contributed by atoms with Gasteiger partial charge in [-0.25, -0.2) is 0 Å².